The standard InChI is InChI=1S/C19H19FO4/c1-12(19(22)24-14(3)23-13(2)21)16-9-10-17(18(20)11-16)15-7-5-4-6-8-15/h4-12,14H,1-3H3/t12-,14+/m0/s1. The van der Waals surface area contributed by atoms with Gasteiger partial charge >= 0.3 is 11.9 Å². The van der Waals surface area contributed by atoms with Gasteiger partial charge in [-0.1, -0.05) is 42.5 Å². The van der Waals surface area contributed by atoms with E-state index in [1.165, 1.54) is 19.9 Å². The van der Waals surface area contributed by atoms with E-state index in [2.05, 4.69) is 0 Å². The fraction of sp³-hybridized carbons (Fsp3) is 0.263. The van der Waals surface area contributed by atoms with Crippen molar-refractivity contribution in [2.45, 2.75) is 33.0 Å². The average molecular weight is 330 g/mol. The molecule has 0 bridgehead atoms. The summed E-state index contributed by atoms with van der Waals surface area (Å²) >= 11 is 0. The number of carbonyl (C=O) groups is 2. The van der Waals surface area contributed by atoms with Crippen molar-refractivity contribution in [3.63, 3.8) is 0 Å². The Labute approximate surface area is 140 Å². The number of ether oxygens (including phenoxy) is 2. The maximum Gasteiger partial charge on any atom is 0.316 e. The van der Waals surface area contributed by atoms with Crippen molar-refractivity contribution < 1.29 is 23.5 Å². The Kier molecular flexibility index (Phi) is 5.68. The summed E-state index contributed by atoms with van der Waals surface area (Å²) in [4.78, 5) is 22.9. The summed E-state index contributed by atoms with van der Waals surface area (Å²) < 4.78 is 24.2. The molecule has 0 heterocycles. The first-order valence-corrected chi connectivity index (χ1v) is 7.61. The minimum atomic E-state index is -0.981. The highest BCUT2D eigenvalue weighted by molar-refractivity contribution is 5.78. The predicted octanol–water partition coefficient (Wildman–Crippen LogP) is 4.05. The third-order valence-corrected chi connectivity index (χ3v) is 3.55. The molecule has 0 fully saturated rings. The SMILES string of the molecule is CC(=O)O[C@@H](C)OC(=O)[C@@H](C)c1ccc(-c2ccccc2)c(F)c1. The number of hydrogen-bond donors (Lipinski definition) is 0. The van der Waals surface area contributed by atoms with Crippen molar-refractivity contribution >= 4 is 11.9 Å². The molecule has 2 rings (SSSR count). The van der Waals surface area contributed by atoms with Crippen LogP contribution >= 0.6 is 0 Å². The molecule has 2 atom stereocenters. The Balaban J connectivity index is 2.13. The molecule has 126 valence electrons. The Morgan fingerprint density at radius 1 is 1.00 bits per heavy atom. The number of hydrogen-bond acceptors (Lipinski definition) is 4. The van der Waals surface area contributed by atoms with Gasteiger partial charge in [0.05, 0.1) is 5.92 Å². The molecule has 0 unspecified atom stereocenters. The normalized spacial score (nSPS) is 13.0. The van der Waals surface area contributed by atoms with Crippen LogP contribution in [-0.4, -0.2) is 18.2 Å². The largest absolute Gasteiger partial charge is 0.426 e. The van der Waals surface area contributed by atoms with E-state index in [1.54, 1.807) is 19.1 Å². The Bertz CT molecular complexity index is 727. The summed E-state index contributed by atoms with van der Waals surface area (Å²) in [6, 6.07) is 13.8. The summed E-state index contributed by atoms with van der Waals surface area (Å²) in [5, 5.41) is 0. The molecular weight excluding hydrogens is 311 g/mol. The minimum Gasteiger partial charge on any atom is -0.426 e. The van der Waals surface area contributed by atoms with Crippen LogP contribution in [0.1, 0.15) is 32.3 Å². The van der Waals surface area contributed by atoms with E-state index in [-0.39, 0.29) is 0 Å². The van der Waals surface area contributed by atoms with Crippen LogP contribution in [0.2, 0.25) is 0 Å². The summed E-state index contributed by atoms with van der Waals surface area (Å²) in [5.41, 5.74) is 1.72. The first-order valence-electron chi connectivity index (χ1n) is 7.61. The quantitative estimate of drug-likeness (QED) is 0.613. The number of rotatable bonds is 5. The average Bonchev–Trinajstić information content (AvgIpc) is 2.54. The van der Waals surface area contributed by atoms with Gasteiger partial charge in [-0.05, 0) is 24.1 Å². The van der Waals surface area contributed by atoms with Gasteiger partial charge in [0.1, 0.15) is 5.82 Å². The van der Waals surface area contributed by atoms with Gasteiger partial charge < -0.3 is 9.47 Å². The second-order valence-electron chi connectivity index (χ2n) is 5.44. The molecule has 0 radical (unpaired) electrons. The Hall–Kier alpha value is -2.69. The molecule has 0 saturated carbocycles. The number of esters is 2. The third-order valence-electron chi connectivity index (χ3n) is 3.55. The molecule has 0 aliphatic rings. The molecule has 24 heavy (non-hydrogen) atoms. The molecular formula is C19H19FO4. The molecule has 0 saturated heterocycles. The van der Waals surface area contributed by atoms with Gasteiger partial charge in [0.15, 0.2) is 0 Å². The van der Waals surface area contributed by atoms with E-state index in [0.29, 0.717) is 11.1 Å². The topological polar surface area (TPSA) is 52.6 Å². The fourth-order valence-electron chi connectivity index (χ4n) is 2.31. The molecule has 0 aliphatic heterocycles. The minimum absolute atomic E-state index is 0.411. The number of halogens is 1. The molecule has 0 aromatic heterocycles. The zero-order chi connectivity index (χ0) is 17.7. The highest BCUT2D eigenvalue weighted by Crippen LogP contribution is 2.26. The molecule has 4 nitrogen and oxygen atoms in total. The van der Waals surface area contributed by atoms with Crippen molar-refractivity contribution in [3.05, 3.63) is 59.9 Å². The summed E-state index contributed by atoms with van der Waals surface area (Å²) in [6.07, 6.45) is -0.981. The van der Waals surface area contributed by atoms with Crippen molar-refractivity contribution in [1.82, 2.24) is 0 Å². The van der Waals surface area contributed by atoms with Crippen LogP contribution in [0.3, 0.4) is 0 Å². The third kappa shape index (κ3) is 4.41. The molecule has 0 N–H and O–H groups in total. The van der Waals surface area contributed by atoms with Crippen molar-refractivity contribution in [2.24, 2.45) is 0 Å². The van der Waals surface area contributed by atoms with Crippen LogP contribution in [0.15, 0.2) is 48.5 Å². The summed E-state index contributed by atoms with van der Waals surface area (Å²) in [5.74, 6) is -2.22. The molecule has 5 heteroatoms. The van der Waals surface area contributed by atoms with E-state index in [4.69, 9.17) is 9.47 Å². The van der Waals surface area contributed by atoms with Crippen LogP contribution in [0, 0.1) is 5.82 Å². The lowest BCUT2D eigenvalue weighted by Crippen LogP contribution is -2.23. The van der Waals surface area contributed by atoms with Crippen molar-refractivity contribution in [2.75, 3.05) is 0 Å². The van der Waals surface area contributed by atoms with E-state index < -0.39 is 30.0 Å². The number of carbonyl (C=O) groups excluding carboxylic acids is 2. The smallest absolute Gasteiger partial charge is 0.316 e. The van der Waals surface area contributed by atoms with E-state index in [0.717, 1.165) is 5.56 Å². The Morgan fingerprint density at radius 3 is 2.25 bits per heavy atom. The Morgan fingerprint density at radius 2 is 1.67 bits per heavy atom. The van der Waals surface area contributed by atoms with Gasteiger partial charge in [0.2, 0.25) is 6.29 Å². The predicted molar refractivity (Wildman–Crippen MR) is 87.6 cm³/mol. The maximum absolute atomic E-state index is 14.4. The molecule has 0 amide bonds. The lowest BCUT2D eigenvalue weighted by molar-refractivity contribution is -0.183. The monoisotopic (exact) mass is 330 g/mol. The van der Waals surface area contributed by atoms with Crippen LogP contribution < -0.4 is 0 Å². The summed E-state index contributed by atoms with van der Waals surface area (Å²) in [6.45, 7) is 4.29. The van der Waals surface area contributed by atoms with Gasteiger partial charge in [-0.3, -0.25) is 9.59 Å². The molecule has 0 spiro atoms. The second-order valence-corrected chi connectivity index (χ2v) is 5.44. The maximum atomic E-state index is 14.4. The van der Waals surface area contributed by atoms with Gasteiger partial charge in [-0.2, -0.15) is 0 Å². The van der Waals surface area contributed by atoms with Crippen molar-refractivity contribution in [3.8, 4) is 11.1 Å². The van der Waals surface area contributed by atoms with Crippen LogP contribution in [-0.2, 0) is 19.1 Å². The van der Waals surface area contributed by atoms with Crippen LogP contribution in [0.5, 0.6) is 0 Å². The molecule has 2 aromatic carbocycles. The van der Waals surface area contributed by atoms with Gasteiger partial charge in [0.25, 0.3) is 0 Å². The first-order chi connectivity index (χ1) is 11.4. The molecule has 0 aliphatic carbocycles. The molecule has 2 aromatic rings. The first kappa shape index (κ1) is 17.7. The van der Waals surface area contributed by atoms with Gasteiger partial charge in [-0.25, -0.2) is 4.39 Å². The van der Waals surface area contributed by atoms with E-state index >= 15 is 0 Å². The fourth-order valence-corrected chi connectivity index (χ4v) is 2.31. The highest BCUT2D eigenvalue weighted by atomic mass is 19.1. The lowest BCUT2D eigenvalue weighted by atomic mass is 9.97. The second kappa shape index (κ2) is 7.73. The lowest BCUT2D eigenvalue weighted by Gasteiger charge is -2.17. The van der Waals surface area contributed by atoms with Crippen LogP contribution in [0.25, 0.3) is 11.1 Å². The zero-order valence-electron chi connectivity index (χ0n) is 13.8. The van der Waals surface area contributed by atoms with Gasteiger partial charge in [-0.15, -0.1) is 0 Å². The van der Waals surface area contributed by atoms with E-state index in [1.807, 2.05) is 30.3 Å². The van der Waals surface area contributed by atoms with Crippen LogP contribution in [0.4, 0.5) is 4.39 Å². The van der Waals surface area contributed by atoms with E-state index in [9.17, 15) is 14.0 Å². The number of benzene rings is 2. The highest BCUT2D eigenvalue weighted by Gasteiger charge is 2.21. The summed E-state index contributed by atoms with van der Waals surface area (Å²) in [7, 11) is 0. The zero-order valence-corrected chi connectivity index (χ0v) is 13.8. The van der Waals surface area contributed by atoms with Gasteiger partial charge in [0, 0.05) is 19.4 Å². The van der Waals surface area contributed by atoms with Crippen molar-refractivity contribution in [1.29, 1.82) is 0 Å².